The molecule has 1 N–H and O–H groups in total. The summed E-state index contributed by atoms with van der Waals surface area (Å²) in [6.45, 7) is 0.712. The van der Waals surface area contributed by atoms with Gasteiger partial charge in [-0.3, -0.25) is 0 Å². The fraction of sp³-hybridized carbons (Fsp3) is 0.385. The number of halogens is 1. The zero-order valence-electron chi connectivity index (χ0n) is 10.2. The number of hydrogen-bond donors (Lipinski definition) is 1. The predicted molar refractivity (Wildman–Crippen MR) is 66.3 cm³/mol. The predicted octanol–water partition coefficient (Wildman–Crippen LogP) is 1.87. The molecule has 0 bridgehead atoms. The number of hydrogen-bond acceptors (Lipinski definition) is 3. The molecule has 0 radical (unpaired) electrons. The smallest absolute Gasteiger partial charge is 0.163 e. The summed E-state index contributed by atoms with van der Waals surface area (Å²) in [4.78, 5) is 0. The Morgan fingerprint density at radius 3 is 2.94 bits per heavy atom. The third-order valence-electron chi connectivity index (χ3n) is 3.17. The average molecular weight is 246 g/mol. The SMILES string of the molecule is Cn1c(CNC2CC2)nnc1-c1cccc(F)c1. The standard InChI is InChI=1S/C13H15FN4/c1-18-12(8-15-11-5-6-11)16-17-13(18)9-3-2-4-10(14)7-9/h2-4,7,11,15H,5-6,8H2,1H3. The highest BCUT2D eigenvalue weighted by atomic mass is 19.1. The lowest BCUT2D eigenvalue weighted by molar-refractivity contribution is 0.627. The normalized spacial score (nSPS) is 15.0. The molecule has 1 fully saturated rings. The molecule has 5 heteroatoms. The molecule has 1 saturated carbocycles. The summed E-state index contributed by atoms with van der Waals surface area (Å²) in [7, 11) is 1.91. The molecule has 1 aromatic heterocycles. The van der Waals surface area contributed by atoms with E-state index in [1.54, 1.807) is 6.07 Å². The van der Waals surface area contributed by atoms with Gasteiger partial charge in [-0.2, -0.15) is 0 Å². The van der Waals surface area contributed by atoms with Crippen LogP contribution in [0.25, 0.3) is 11.4 Å². The molecular formula is C13H15FN4. The molecule has 0 spiro atoms. The van der Waals surface area contributed by atoms with E-state index in [2.05, 4.69) is 15.5 Å². The van der Waals surface area contributed by atoms with Crippen molar-refractivity contribution in [1.82, 2.24) is 20.1 Å². The Morgan fingerprint density at radius 2 is 2.22 bits per heavy atom. The molecule has 18 heavy (non-hydrogen) atoms. The Balaban J connectivity index is 1.83. The third-order valence-corrected chi connectivity index (χ3v) is 3.17. The fourth-order valence-electron chi connectivity index (χ4n) is 1.92. The van der Waals surface area contributed by atoms with Gasteiger partial charge in [-0.15, -0.1) is 10.2 Å². The van der Waals surface area contributed by atoms with Gasteiger partial charge < -0.3 is 9.88 Å². The second-order valence-electron chi connectivity index (χ2n) is 4.66. The van der Waals surface area contributed by atoms with Gasteiger partial charge in [0.1, 0.15) is 11.6 Å². The van der Waals surface area contributed by atoms with E-state index in [0.29, 0.717) is 18.4 Å². The minimum Gasteiger partial charge on any atom is -0.313 e. The maximum Gasteiger partial charge on any atom is 0.163 e. The number of aromatic nitrogens is 3. The van der Waals surface area contributed by atoms with Crippen molar-refractivity contribution in [2.24, 2.45) is 7.05 Å². The van der Waals surface area contributed by atoms with Crippen LogP contribution in [-0.2, 0) is 13.6 Å². The van der Waals surface area contributed by atoms with Crippen LogP contribution in [0.5, 0.6) is 0 Å². The molecule has 1 aliphatic rings. The topological polar surface area (TPSA) is 42.7 Å². The number of rotatable bonds is 4. The van der Waals surface area contributed by atoms with Crippen molar-refractivity contribution in [2.45, 2.75) is 25.4 Å². The summed E-state index contributed by atoms with van der Waals surface area (Å²) in [5, 5.41) is 11.7. The van der Waals surface area contributed by atoms with Crippen molar-refractivity contribution in [3.05, 3.63) is 35.9 Å². The summed E-state index contributed by atoms with van der Waals surface area (Å²) in [5.74, 6) is 1.32. The first-order chi connectivity index (χ1) is 8.74. The Hall–Kier alpha value is -1.75. The van der Waals surface area contributed by atoms with Gasteiger partial charge in [0.05, 0.1) is 6.54 Å². The number of benzene rings is 1. The molecule has 0 atom stereocenters. The lowest BCUT2D eigenvalue weighted by Gasteiger charge is -2.04. The molecule has 2 aromatic rings. The molecule has 1 heterocycles. The van der Waals surface area contributed by atoms with Crippen molar-refractivity contribution in [1.29, 1.82) is 0 Å². The van der Waals surface area contributed by atoms with Crippen LogP contribution in [0.4, 0.5) is 4.39 Å². The van der Waals surface area contributed by atoms with Crippen LogP contribution in [-0.4, -0.2) is 20.8 Å². The molecular weight excluding hydrogens is 231 g/mol. The first kappa shape index (κ1) is 11.3. The van der Waals surface area contributed by atoms with Crippen LogP contribution < -0.4 is 5.32 Å². The molecule has 0 unspecified atom stereocenters. The fourth-order valence-corrected chi connectivity index (χ4v) is 1.92. The van der Waals surface area contributed by atoms with Gasteiger partial charge in [0.2, 0.25) is 0 Å². The van der Waals surface area contributed by atoms with Crippen molar-refractivity contribution in [2.75, 3.05) is 0 Å². The van der Waals surface area contributed by atoms with Gasteiger partial charge in [0, 0.05) is 18.7 Å². The lowest BCUT2D eigenvalue weighted by Crippen LogP contribution is -2.18. The Labute approximate surface area is 105 Å². The molecule has 0 amide bonds. The van der Waals surface area contributed by atoms with Crippen LogP contribution in [0.15, 0.2) is 24.3 Å². The van der Waals surface area contributed by atoms with Crippen LogP contribution in [0.1, 0.15) is 18.7 Å². The van der Waals surface area contributed by atoms with Gasteiger partial charge >= 0.3 is 0 Å². The van der Waals surface area contributed by atoms with E-state index in [4.69, 9.17) is 0 Å². The second-order valence-corrected chi connectivity index (χ2v) is 4.66. The van der Waals surface area contributed by atoms with Gasteiger partial charge in [-0.25, -0.2) is 4.39 Å². The summed E-state index contributed by atoms with van der Waals surface area (Å²) in [6, 6.07) is 7.06. The first-order valence-corrected chi connectivity index (χ1v) is 6.11. The van der Waals surface area contributed by atoms with E-state index in [-0.39, 0.29) is 5.82 Å². The largest absolute Gasteiger partial charge is 0.313 e. The maximum absolute atomic E-state index is 13.2. The van der Waals surface area contributed by atoms with E-state index < -0.39 is 0 Å². The van der Waals surface area contributed by atoms with Gasteiger partial charge in [0.15, 0.2) is 5.82 Å². The summed E-state index contributed by atoms with van der Waals surface area (Å²) < 4.78 is 15.1. The minimum absolute atomic E-state index is 0.256. The molecule has 1 aliphatic carbocycles. The third kappa shape index (κ3) is 2.26. The van der Waals surface area contributed by atoms with Gasteiger partial charge in [0.25, 0.3) is 0 Å². The van der Waals surface area contributed by atoms with Crippen molar-refractivity contribution >= 4 is 0 Å². The highest BCUT2D eigenvalue weighted by Crippen LogP contribution is 2.20. The Kier molecular flexibility index (Phi) is 2.83. The highest BCUT2D eigenvalue weighted by Gasteiger charge is 2.21. The molecule has 0 saturated heterocycles. The van der Waals surface area contributed by atoms with Crippen LogP contribution in [0.2, 0.25) is 0 Å². The zero-order chi connectivity index (χ0) is 12.5. The average Bonchev–Trinajstić information content (AvgIpc) is 3.11. The highest BCUT2D eigenvalue weighted by molar-refractivity contribution is 5.55. The zero-order valence-corrected chi connectivity index (χ0v) is 10.2. The van der Waals surface area contributed by atoms with Crippen LogP contribution in [0, 0.1) is 5.82 Å². The van der Waals surface area contributed by atoms with Crippen molar-refractivity contribution in [3.63, 3.8) is 0 Å². The first-order valence-electron chi connectivity index (χ1n) is 6.11. The van der Waals surface area contributed by atoms with E-state index in [0.717, 1.165) is 11.4 Å². The molecule has 1 aromatic carbocycles. The monoisotopic (exact) mass is 246 g/mol. The van der Waals surface area contributed by atoms with Gasteiger partial charge in [-0.05, 0) is 25.0 Å². The quantitative estimate of drug-likeness (QED) is 0.895. The van der Waals surface area contributed by atoms with Crippen LogP contribution in [0.3, 0.4) is 0 Å². The second kappa shape index (κ2) is 4.49. The Bertz CT molecular complexity index is 560. The molecule has 94 valence electrons. The van der Waals surface area contributed by atoms with Gasteiger partial charge in [-0.1, -0.05) is 12.1 Å². The summed E-state index contributed by atoms with van der Waals surface area (Å²) >= 11 is 0. The van der Waals surface area contributed by atoms with Crippen molar-refractivity contribution in [3.8, 4) is 11.4 Å². The van der Waals surface area contributed by atoms with E-state index in [1.807, 2.05) is 17.7 Å². The summed E-state index contributed by atoms with van der Waals surface area (Å²) in [6.07, 6.45) is 2.49. The van der Waals surface area contributed by atoms with E-state index >= 15 is 0 Å². The summed E-state index contributed by atoms with van der Waals surface area (Å²) in [5.41, 5.74) is 0.752. The van der Waals surface area contributed by atoms with E-state index in [1.165, 1.54) is 25.0 Å². The maximum atomic E-state index is 13.2. The minimum atomic E-state index is -0.256. The van der Waals surface area contributed by atoms with Crippen molar-refractivity contribution < 1.29 is 4.39 Å². The molecule has 3 rings (SSSR count). The Morgan fingerprint density at radius 1 is 1.39 bits per heavy atom. The van der Waals surface area contributed by atoms with Crippen LogP contribution >= 0.6 is 0 Å². The number of nitrogens with zero attached hydrogens (tertiary/aromatic N) is 3. The lowest BCUT2D eigenvalue weighted by atomic mass is 10.2. The molecule has 4 nitrogen and oxygen atoms in total. The van der Waals surface area contributed by atoms with E-state index in [9.17, 15) is 4.39 Å². The number of nitrogens with one attached hydrogen (secondary N) is 1. The molecule has 0 aliphatic heterocycles.